The summed E-state index contributed by atoms with van der Waals surface area (Å²) in [5.74, 6) is 2.94. The molecule has 3 heterocycles. The summed E-state index contributed by atoms with van der Waals surface area (Å²) in [5, 5.41) is 14.7. The van der Waals surface area contributed by atoms with E-state index in [1.165, 1.54) is 0 Å². The number of aryl methyl sites for hydroxylation is 2. The highest BCUT2D eigenvalue weighted by Crippen LogP contribution is 2.08. The maximum Gasteiger partial charge on any atom is 0.214 e. The molecule has 0 saturated heterocycles. The fourth-order valence-corrected chi connectivity index (χ4v) is 2.26. The molecule has 3 rings (SSSR count). The van der Waals surface area contributed by atoms with Crippen molar-refractivity contribution in [3.8, 4) is 0 Å². The summed E-state index contributed by atoms with van der Waals surface area (Å²) in [6.45, 7) is 7.50. The Hall–Kier alpha value is -2.90. The van der Waals surface area contributed by atoms with Crippen LogP contribution < -0.4 is 10.6 Å². The van der Waals surface area contributed by atoms with Crippen LogP contribution in [0.25, 0.3) is 5.65 Å². The minimum Gasteiger partial charge on any atom is -0.444 e. The summed E-state index contributed by atoms with van der Waals surface area (Å²) in [6.07, 6.45) is 1.93. The number of oxazole rings is 1. The van der Waals surface area contributed by atoms with Gasteiger partial charge in [0.05, 0.1) is 12.2 Å². The number of nitrogens with zero attached hydrogens (tertiary/aromatic N) is 5. The molecule has 0 aliphatic rings. The minimum absolute atomic E-state index is 0.421. The lowest BCUT2D eigenvalue weighted by Gasteiger charge is -2.09. The van der Waals surface area contributed by atoms with E-state index < -0.39 is 0 Å². The van der Waals surface area contributed by atoms with E-state index in [0.717, 1.165) is 29.5 Å². The summed E-state index contributed by atoms with van der Waals surface area (Å²) in [7, 11) is 0. The Kier molecular flexibility index (Phi) is 4.74. The third-order valence-electron chi connectivity index (χ3n) is 3.59. The van der Waals surface area contributed by atoms with Crippen molar-refractivity contribution < 1.29 is 4.42 Å². The van der Waals surface area contributed by atoms with Crippen LogP contribution in [-0.2, 0) is 13.1 Å². The highest BCUT2D eigenvalue weighted by molar-refractivity contribution is 5.79. The minimum atomic E-state index is 0.421. The van der Waals surface area contributed by atoms with Crippen LogP contribution in [0, 0.1) is 13.8 Å². The summed E-state index contributed by atoms with van der Waals surface area (Å²) in [5.41, 5.74) is 1.72. The largest absolute Gasteiger partial charge is 0.444 e. The molecule has 0 radical (unpaired) electrons. The summed E-state index contributed by atoms with van der Waals surface area (Å²) in [6, 6.07) is 5.79. The average Bonchev–Trinajstić information content (AvgIpc) is 3.14. The fourth-order valence-electron chi connectivity index (χ4n) is 2.26. The van der Waals surface area contributed by atoms with Crippen LogP contribution in [-0.4, -0.2) is 32.1 Å². The molecule has 0 amide bonds. The van der Waals surface area contributed by atoms with Crippen LogP contribution in [0.3, 0.4) is 0 Å². The van der Waals surface area contributed by atoms with E-state index in [9.17, 15) is 0 Å². The first-order valence-electron chi connectivity index (χ1n) is 7.91. The number of guanidine groups is 1. The number of hydrogen-bond acceptors (Lipinski definition) is 5. The maximum atomic E-state index is 5.57. The number of aromatic nitrogens is 4. The molecule has 3 aromatic heterocycles. The molecule has 0 aliphatic heterocycles. The van der Waals surface area contributed by atoms with Gasteiger partial charge in [-0.2, -0.15) is 0 Å². The Morgan fingerprint density at radius 1 is 1.25 bits per heavy atom. The van der Waals surface area contributed by atoms with Gasteiger partial charge < -0.3 is 15.1 Å². The number of fused-ring (bicyclic) bond motifs is 1. The second kappa shape index (κ2) is 7.12. The predicted octanol–water partition coefficient (Wildman–Crippen LogP) is 1.59. The highest BCUT2D eigenvalue weighted by atomic mass is 16.4. The third kappa shape index (κ3) is 3.53. The number of aliphatic imine (C=N–C) groups is 1. The van der Waals surface area contributed by atoms with E-state index in [2.05, 4.69) is 30.8 Å². The lowest BCUT2D eigenvalue weighted by Crippen LogP contribution is -2.36. The zero-order valence-electron chi connectivity index (χ0n) is 14.1. The van der Waals surface area contributed by atoms with Crippen LogP contribution in [0.4, 0.5) is 0 Å². The summed E-state index contributed by atoms with van der Waals surface area (Å²) < 4.78 is 7.49. The molecule has 8 nitrogen and oxygen atoms in total. The molecule has 0 aromatic carbocycles. The molecular weight excluding hydrogens is 306 g/mol. The molecule has 8 heteroatoms. The van der Waals surface area contributed by atoms with E-state index in [-0.39, 0.29) is 0 Å². The molecule has 0 spiro atoms. The second-order valence-corrected chi connectivity index (χ2v) is 5.34. The van der Waals surface area contributed by atoms with E-state index in [0.29, 0.717) is 24.9 Å². The van der Waals surface area contributed by atoms with Crippen LogP contribution in [0.15, 0.2) is 33.8 Å². The number of pyridine rings is 1. The Bertz CT molecular complexity index is 830. The molecule has 24 heavy (non-hydrogen) atoms. The van der Waals surface area contributed by atoms with Gasteiger partial charge in [0.15, 0.2) is 17.4 Å². The monoisotopic (exact) mass is 327 g/mol. The number of nitrogens with one attached hydrogen (secondary N) is 2. The molecule has 0 atom stereocenters. The van der Waals surface area contributed by atoms with E-state index in [4.69, 9.17) is 4.42 Å². The van der Waals surface area contributed by atoms with Gasteiger partial charge in [0.1, 0.15) is 12.3 Å². The fraction of sp³-hybridized carbons (Fsp3) is 0.375. The van der Waals surface area contributed by atoms with Crippen molar-refractivity contribution in [1.82, 2.24) is 30.2 Å². The normalized spacial score (nSPS) is 11.9. The molecule has 2 N–H and O–H groups in total. The standard InChI is InChI=1S/C16H21N7O/c1-4-17-16(19-10-15-20-11(2)12(3)24-15)18-9-14-22-21-13-7-5-6-8-23(13)14/h5-8H,4,9-10H2,1-3H3,(H2,17,18,19). The zero-order valence-corrected chi connectivity index (χ0v) is 14.1. The first-order chi connectivity index (χ1) is 11.7. The van der Waals surface area contributed by atoms with Crippen molar-refractivity contribution in [3.63, 3.8) is 0 Å². The number of rotatable bonds is 5. The lowest BCUT2D eigenvalue weighted by molar-refractivity contribution is 0.463. The summed E-state index contributed by atoms with van der Waals surface area (Å²) in [4.78, 5) is 8.91. The zero-order chi connectivity index (χ0) is 16.9. The van der Waals surface area contributed by atoms with Crippen molar-refractivity contribution in [2.45, 2.75) is 33.9 Å². The Morgan fingerprint density at radius 2 is 2.12 bits per heavy atom. The Morgan fingerprint density at radius 3 is 2.88 bits per heavy atom. The SMILES string of the molecule is CCNC(=NCc1nnc2ccccn12)NCc1nc(C)c(C)o1. The second-order valence-electron chi connectivity index (χ2n) is 5.34. The molecule has 0 saturated carbocycles. The average molecular weight is 327 g/mol. The molecule has 0 unspecified atom stereocenters. The van der Waals surface area contributed by atoms with Crippen LogP contribution in [0.1, 0.15) is 30.1 Å². The molecule has 0 aliphatic carbocycles. The first-order valence-corrected chi connectivity index (χ1v) is 7.91. The highest BCUT2D eigenvalue weighted by Gasteiger charge is 2.07. The van der Waals surface area contributed by atoms with Crippen LogP contribution in [0.2, 0.25) is 0 Å². The van der Waals surface area contributed by atoms with Crippen LogP contribution in [0.5, 0.6) is 0 Å². The molecule has 3 aromatic rings. The lowest BCUT2D eigenvalue weighted by atomic mass is 10.4. The topological polar surface area (TPSA) is 92.6 Å². The van der Waals surface area contributed by atoms with E-state index in [1.54, 1.807) is 0 Å². The summed E-state index contributed by atoms with van der Waals surface area (Å²) >= 11 is 0. The predicted molar refractivity (Wildman–Crippen MR) is 90.6 cm³/mol. The first kappa shape index (κ1) is 16.0. The van der Waals surface area contributed by atoms with Gasteiger partial charge in [0.2, 0.25) is 5.89 Å². The molecule has 126 valence electrons. The van der Waals surface area contributed by atoms with Gasteiger partial charge in [0, 0.05) is 12.7 Å². The van der Waals surface area contributed by atoms with Gasteiger partial charge in [-0.15, -0.1) is 10.2 Å². The van der Waals surface area contributed by atoms with Crippen molar-refractivity contribution >= 4 is 11.6 Å². The van der Waals surface area contributed by atoms with Crippen molar-refractivity contribution in [3.05, 3.63) is 47.6 Å². The van der Waals surface area contributed by atoms with Gasteiger partial charge in [-0.25, -0.2) is 9.98 Å². The van der Waals surface area contributed by atoms with Crippen molar-refractivity contribution in [2.75, 3.05) is 6.54 Å². The molecular formula is C16H21N7O. The number of hydrogen-bond donors (Lipinski definition) is 2. The molecule has 0 bridgehead atoms. The quantitative estimate of drug-likeness (QED) is 0.546. The van der Waals surface area contributed by atoms with Crippen molar-refractivity contribution in [2.24, 2.45) is 4.99 Å². The smallest absolute Gasteiger partial charge is 0.214 e. The van der Waals surface area contributed by atoms with Gasteiger partial charge in [-0.1, -0.05) is 6.07 Å². The Balaban J connectivity index is 1.69. The third-order valence-corrected chi connectivity index (χ3v) is 3.59. The van der Waals surface area contributed by atoms with Crippen molar-refractivity contribution in [1.29, 1.82) is 0 Å². The van der Waals surface area contributed by atoms with Gasteiger partial charge in [-0.05, 0) is 32.9 Å². The van der Waals surface area contributed by atoms with E-state index >= 15 is 0 Å². The van der Waals surface area contributed by atoms with E-state index in [1.807, 2.05) is 49.6 Å². The molecule has 0 fully saturated rings. The van der Waals surface area contributed by atoms with Gasteiger partial charge >= 0.3 is 0 Å². The van der Waals surface area contributed by atoms with Gasteiger partial charge in [-0.3, -0.25) is 4.40 Å². The van der Waals surface area contributed by atoms with Gasteiger partial charge in [0.25, 0.3) is 0 Å². The Labute approximate surface area is 140 Å². The maximum absolute atomic E-state index is 5.57. The van der Waals surface area contributed by atoms with Crippen LogP contribution >= 0.6 is 0 Å².